The maximum absolute atomic E-state index is 13.7. The maximum atomic E-state index is 13.7. The molecule has 0 saturated heterocycles. The number of halogens is 1. The quantitative estimate of drug-likeness (QED) is 0.557. The number of anilines is 1. The van der Waals surface area contributed by atoms with Crippen molar-refractivity contribution < 1.29 is 4.39 Å². The van der Waals surface area contributed by atoms with Crippen LogP contribution < -0.4 is 5.32 Å². The highest BCUT2D eigenvalue weighted by atomic mass is 19.1. The van der Waals surface area contributed by atoms with Gasteiger partial charge in [0.15, 0.2) is 11.5 Å². The third-order valence-electron chi connectivity index (χ3n) is 5.97. The van der Waals surface area contributed by atoms with Gasteiger partial charge in [0.25, 0.3) is 0 Å². The molecule has 6 nitrogen and oxygen atoms in total. The molecular weight excluding hydrogens is 379 g/mol. The topological polar surface area (TPSA) is 68.0 Å². The van der Waals surface area contributed by atoms with Gasteiger partial charge in [-0.2, -0.15) is 14.6 Å². The summed E-state index contributed by atoms with van der Waals surface area (Å²) >= 11 is 0. The van der Waals surface area contributed by atoms with Crippen LogP contribution in [0.15, 0.2) is 60.6 Å². The van der Waals surface area contributed by atoms with Crippen molar-refractivity contribution in [3.05, 3.63) is 77.5 Å². The summed E-state index contributed by atoms with van der Waals surface area (Å²) in [5.41, 5.74) is 7.05. The molecule has 0 aliphatic heterocycles. The Balaban J connectivity index is 1.34. The van der Waals surface area contributed by atoms with E-state index in [0.717, 1.165) is 25.7 Å². The molecule has 4 aromatic rings. The van der Waals surface area contributed by atoms with E-state index in [1.54, 1.807) is 22.5 Å². The lowest BCUT2D eigenvalue weighted by Crippen LogP contribution is -2.25. The molecule has 0 spiro atoms. The third kappa shape index (κ3) is 2.85. The van der Waals surface area contributed by atoms with Gasteiger partial charge in [-0.3, -0.25) is 4.98 Å². The molecule has 2 aliphatic carbocycles. The van der Waals surface area contributed by atoms with Crippen LogP contribution in [0.2, 0.25) is 0 Å². The molecule has 0 saturated carbocycles. The molecule has 6 rings (SSSR count). The van der Waals surface area contributed by atoms with Crippen molar-refractivity contribution in [3.8, 4) is 11.4 Å². The van der Waals surface area contributed by atoms with Crippen molar-refractivity contribution in [1.29, 1.82) is 0 Å². The lowest BCUT2D eigenvalue weighted by atomic mass is 9.88. The summed E-state index contributed by atoms with van der Waals surface area (Å²) in [5, 5.41) is 7.95. The van der Waals surface area contributed by atoms with Crippen LogP contribution >= 0.6 is 0 Å². The normalized spacial score (nSPS) is 17.8. The number of benzene rings is 1. The second-order valence-corrected chi connectivity index (χ2v) is 7.86. The third-order valence-corrected chi connectivity index (χ3v) is 5.97. The number of allylic oxidation sites excluding steroid dienone is 1. The fraction of sp³-hybridized carbons (Fsp3) is 0.217. The van der Waals surface area contributed by atoms with E-state index in [2.05, 4.69) is 49.6 Å². The second-order valence-electron chi connectivity index (χ2n) is 7.86. The SMILES string of the molecule is Fc1cncc(-c2nc(N[C@@H]3CCC4=C(C3)c3ccccc3C4)n3nccc3n2)c1. The highest BCUT2D eigenvalue weighted by molar-refractivity contribution is 5.77. The van der Waals surface area contributed by atoms with Gasteiger partial charge in [-0.25, -0.2) is 9.37 Å². The van der Waals surface area contributed by atoms with Crippen LogP contribution in [0.5, 0.6) is 0 Å². The highest BCUT2D eigenvalue weighted by Gasteiger charge is 2.28. The van der Waals surface area contributed by atoms with Gasteiger partial charge >= 0.3 is 0 Å². The molecule has 1 aromatic carbocycles. The first-order valence-electron chi connectivity index (χ1n) is 10.1. The first-order chi connectivity index (χ1) is 14.7. The van der Waals surface area contributed by atoms with E-state index < -0.39 is 5.82 Å². The first kappa shape index (κ1) is 17.3. The molecule has 0 bridgehead atoms. The minimum absolute atomic E-state index is 0.246. The molecule has 30 heavy (non-hydrogen) atoms. The Kier molecular flexibility index (Phi) is 3.87. The highest BCUT2D eigenvalue weighted by Crippen LogP contribution is 2.42. The Labute approximate surface area is 172 Å². The monoisotopic (exact) mass is 398 g/mol. The fourth-order valence-electron chi connectivity index (χ4n) is 4.57. The number of pyridine rings is 1. The average molecular weight is 398 g/mol. The van der Waals surface area contributed by atoms with E-state index in [-0.39, 0.29) is 6.04 Å². The van der Waals surface area contributed by atoms with Crippen molar-refractivity contribution in [2.75, 3.05) is 5.32 Å². The second kappa shape index (κ2) is 6.73. The average Bonchev–Trinajstić information content (AvgIpc) is 3.38. The van der Waals surface area contributed by atoms with Crippen molar-refractivity contribution in [1.82, 2.24) is 24.6 Å². The predicted molar refractivity (Wildman–Crippen MR) is 112 cm³/mol. The molecular formula is C23H19FN6. The first-order valence-corrected chi connectivity index (χ1v) is 10.1. The minimum Gasteiger partial charge on any atom is -0.351 e. The van der Waals surface area contributed by atoms with Crippen LogP contribution in [0, 0.1) is 5.82 Å². The van der Waals surface area contributed by atoms with Gasteiger partial charge in [0.2, 0.25) is 5.95 Å². The van der Waals surface area contributed by atoms with E-state index in [1.807, 2.05) is 6.07 Å². The van der Waals surface area contributed by atoms with Crippen molar-refractivity contribution in [2.45, 2.75) is 31.7 Å². The zero-order valence-corrected chi connectivity index (χ0v) is 16.2. The zero-order valence-electron chi connectivity index (χ0n) is 16.2. The summed E-state index contributed by atoms with van der Waals surface area (Å²) in [6.45, 7) is 0. The summed E-state index contributed by atoms with van der Waals surface area (Å²) in [6.07, 6.45) is 8.58. The fourth-order valence-corrected chi connectivity index (χ4v) is 4.57. The number of nitrogens with zero attached hydrogens (tertiary/aromatic N) is 5. The predicted octanol–water partition coefficient (Wildman–Crippen LogP) is 4.30. The van der Waals surface area contributed by atoms with Crippen LogP contribution in [0.3, 0.4) is 0 Å². The molecule has 7 heteroatoms. The summed E-state index contributed by atoms with van der Waals surface area (Å²) < 4.78 is 15.4. The van der Waals surface area contributed by atoms with Crippen LogP contribution in [-0.4, -0.2) is 30.6 Å². The van der Waals surface area contributed by atoms with E-state index in [4.69, 9.17) is 0 Å². The van der Waals surface area contributed by atoms with Gasteiger partial charge in [-0.1, -0.05) is 29.8 Å². The minimum atomic E-state index is -0.411. The van der Waals surface area contributed by atoms with Crippen LogP contribution in [0.4, 0.5) is 10.3 Å². The Bertz CT molecular complexity index is 1310. The number of nitrogens with one attached hydrogen (secondary N) is 1. The van der Waals surface area contributed by atoms with Gasteiger partial charge < -0.3 is 5.32 Å². The van der Waals surface area contributed by atoms with Crippen molar-refractivity contribution in [2.24, 2.45) is 0 Å². The van der Waals surface area contributed by atoms with Gasteiger partial charge in [0.05, 0.1) is 12.4 Å². The van der Waals surface area contributed by atoms with Crippen molar-refractivity contribution >= 4 is 17.2 Å². The standard InChI is InChI=1S/C23H19FN6/c24-17-10-16(12-25-13-17)22-28-21-7-8-26-30(21)23(29-22)27-18-6-5-15-9-14-3-1-2-4-19(14)20(15)11-18/h1-4,7-8,10,12-13,18H,5-6,9,11H2,(H,27,28,29)/t18-/m1/s1. The molecule has 3 aromatic heterocycles. The Morgan fingerprint density at radius 2 is 2.03 bits per heavy atom. The van der Waals surface area contributed by atoms with Gasteiger partial charge in [0.1, 0.15) is 5.82 Å². The maximum Gasteiger partial charge on any atom is 0.228 e. The van der Waals surface area contributed by atoms with E-state index in [9.17, 15) is 4.39 Å². The lowest BCUT2D eigenvalue weighted by molar-refractivity contribution is 0.621. The zero-order chi connectivity index (χ0) is 20.1. The summed E-state index contributed by atoms with van der Waals surface area (Å²) in [7, 11) is 0. The van der Waals surface area contributed by atoms with E-state index in [0.29, 0.717) is 23.0 Å². The molecule has 1 atom stereocenters. The molecule has 1 N–H and O–H groups in total. The Morgan fingerprint density at radius 3 is 2.97 bits per heavy atom. The molecule has 2 aliphatic rings. The molecule has 148 valence electrons. The number of fused-ring (bicyclic) bond motifs is 3. The van der Waals surface area contributed by atoms with Crippen LogP contribution in [0.25, 0.3) is 22.6 Å². The van der Waals surface area contributed by atoms with E-state index in [1.165, 1.54) is 29.0 Å². The number of aromatic nitrogens is 5. The van der Waals surface area contributed by atoms with Gasteiger partial charge in [0, 0.05) is 23.9 Å². The number of rotatable bonds is 3. The van der Waals surface area contributed by atoms with E-state index >= 15 is 0 Å². The Hall–Kier alpha value is -3.61. The largest absolute Gasteiger partial charge is 0.351 e. The Morgan fingerprint density at radius 1 is 1.10 bits per heavy atom. The molecule has 0 radical (unpaired) electrons. The summed E-state index contributed by atoms with van der Waals surface area (Å²) in [4.78, 5) is 13.1. The summed E-state index contributed by atoms with van der Waals surface area (Å²) in [5.74, 6) is 0.634. The molecule has 0 unspecified atom stereocenters. The summed E-state index contributed by atoms with van der Waals surface area (Å²) in [6, 6.07) is 12.1. The van der Waals surface area contributed by atoms with Crippen molar-refractivity contribution in [3.63, 3.8) is 0 Å². The molecule has 0 amide bonds. The van der Waals surface area contributed by atoms with Crippen LogP contribution in [-0.2, 0) is 6.42 Å². The van der Waals surface area contributed by atoms with Crippen LogP contribution in [0.1, 0.15) is 30.4 Å². The van der Waals surface area contributed by atoms with Gasteiger partial charge in [-0.05, 0) is 48.4 Å². The molecule has 3 heterocycles. The number of hydrogen-bond acceptors (Lipinski definition) is 5. The van der Waals surface area contributed by atoms with Gasteiger partial charge in [-0.15, -0.1) is 0 Å². The smallest absolute Gasteiger partial charge is 0.228 e. The lowest BCUT2D eigenvalue weighted by Gasteiger charge is -2.26. The molecule has 0 fully saturated rings. The number of hydrogen-bond donors (Lipinski definition) is 1.